The fourth-order valence-electron chi connectivity index (χ4n) is 3.75. The third kappa shape index (κ3) is 3.08. The van der Waals surface area contributed by atoms with Crippen molar-refractivity contribution in [1.82, 2.24) is 10.4 Å². The molecule has 6 heteroatoms. The number of nitrogen functional groups attached to an aromatic ring is 1. The molecule has 1 unspecified atom stereocenters. The Labute approximate surface area is 158 Å². The van der Waals surface area contributed by atoms with E-state index < -0.39 is 0 Å². The molecule has 5 rings (SSSR count). The molecule has 3 heterocycles. The number of benzene rings is 2. The van der Waals surface area contributed by atoms with E-state index in [9.17, 15) is 0 Å². The van der Waals surface area contributed by atoms with E-state index in [2.05, 4.69) is 51.1 Å². The van der Waals surface area contributed by atoms with Gasteiger partial charge in [0.25, 0.3) is 0 Å². The van der Waals surface area contributed by atoms with Gasteiger partial charge in [-0.3, -0.25) is 0 Å². The summed E-state index contributed by atoms with van der Waals surface area (Å²) in [5.41, 5.74) is 17.4. The Hall–Kier alpha value is -3.12. The number of anilines is 3. The molecule has 0 spiro atoms. The van der Waals surface area contributed by atoms with E-state index in [0.29, 0.717) is 0 Å². The van der Waals surface area contributed by atoms with Crippen molar-refractivity contribution in [3.63, 3.8) is 0 Å². The third-order valence-corrected chi connectivity index (χ3v) is 5.24. The first-order valence-electron chi connectivity index (χ1n) is 9.38. The molecule has 0 radical (unpaired) electrons. The number of nitrogens with two attached hydrogens (primary N) is 1. The van der Waals surface area contributed by atoms with Gasteiger partial charge in [0.15, 0.2) is 6.23 Å². The van der Waals surface area contributed by atoms with Crippen LogP contribution < -0.4 is 26.2 Å². The number of hydrogen-bond donors (Lipinski definition) is 4. The SMILES string of the molecule is Nc1ccc(OC2NNc3[nH]c(-c4ccc(N5CCCC5)cc4)cc32)cc1. The molecule has 5 N–H and O–H groups in total. The van der Waals surface area contributed by atoms with Crippen molar-refractivity contribution in [1.29, 1.82) is 0 Å². The van der Waals surface area contributed by atoms with Gasteiger partial charge >= 0.3 is 0 Å². The second kappa shape index (κ2) is 6.55. The number of nitrogens with zero attached hydrogens (tertiary/aromatic N) is 1. The van der Waals surface area contributed by atoms with Gasteiger partial charge in [0.05, 0.1) is 5.56 Å². The molecule has 1 atom stereocenters. The lowest BCUT2D eigenvalue weighted by Crippen LogP contribution is -2.24. The highest BCUT2D eigenvalue weighted by atomic mass is 16.5. The summed E-state index contributed by atoms with van der Waals surface area (Å²) in [7, 11) is 0. The quantitative estimate of drug-likeness (QED) is 0.531. The molecule has 2 aliphatic heterocycles. The van der Waals surface area contributed by atoms with E-state index >= 15 is 0 Å². The molecule has 3 aromatic rings. The lowest BCUT2D eigenvalue weighted by Gasteiger charge is -2.17. The maximum Gasteiger partial charge on any atom is 0.196 e. The van der Waals surface area contributed by atoms with Crippen LogP contribution in [0, 0.1) is 0 Å². The summed E-state index contributed by atoms with van der Waals surface area (Å²) in [6.45, 7) is 2.33. The average Bonchev–Trinajstić information content (AvgIpc) is 3.42. The van der Waals surface area contributed by atoms with E-state index in [4.69, 9.17) is 10.5 Å². The van der Waals surface area contributed by atoms with Gasteiger partial charge in [-0.25, -0.2) is 0 Å². The van der Waals surface area contributed by atoms with Gasteiger partial charge in [-0.1, -0.05) is 12.1 Å². The standard InChI is InChI=1S/C21H23N5O/c22-15-5-9-17(10-6-15)27-21-18-13-19(23-20(18)24-25-21)14-3-7-16(8-4-14)26-11-1-2-12-26/h3-10,13,21,23-25H,1-2,11-12,22H2. The topological polar surface area (TPSA) is 78.3 Å². The van der Waals surface area contributed by atoms with E-state index in [0.717, 1.165) is 41.6 Å². The summed E-state index contributed by atoms with van der Waals surface area (Å²) >= 11 is 0. The van der Waals surface area contributed by atoms with Crippen LogP contribution >= 0.6 is 0 Å². The molecule has 0 amide bonds. The minimum Gasteiger partial charge on any atom is -0.469 e. The van der Waals surface area contributed by atoms with Crippen molar-refractivity contribution in [2.24, 2.45) is 0 Å². The van der Waals surface area contributed by atoms with Crippen LogP contribution in [0.5, 0.6) is 5.75 Å². The van der Waals surface area contributed by atoms with Crippen molar-refractivity contribution in [3.05, 3.63) is 60.2 Å². The fraction of sp³-hybridized carbons (Fsp3) is 0.238. The molecule has 0 saturated carbocycles. The van der Waals surface area contributed by atoms with Crippen molar-refractivity contribution < 1.29 is 4.74 Å². The van der Waals surface area contributed by atoms with Crippen LogP contribution in [0.3, 0.4) is 0 Å². The molecule has 27 heavy (non-hydrogen) atoms. The third-order valence-electron chi connectivity index (χ3n) is 5.24. The molecular formula is C21H23N5O. The Bertz CT molecular complexity index is 926. The summed E-state index contributed by atoms with van der Waals surface area (Å²) in [5.74, 6) is 1.71. The largest absolute Gasteiger partial charge is 0.469 e. The van der Waals surface area contributed by atoms with Gasteiger partial charge in [-0.15, -0.1) is 0 Å². The summed E-state index contributed by atoms with van der Waals surface area (Å²) < 4.78 is 6.04. The molecule has 138 valence electrons. The zero-order valence-corrected chi connectivity index (χ0v) is 15.0. The summed E-state index contributed by atoms with van der Waals surface area (Å²) in [4.78, 5) is 5.88. The van der Waals surface area contributed by atoms with E-state index in [1.807, 2.05) is 24.3 Å². The number of hydrogen-bond acceptors (Lipinski definition) is 5. The van der Waals surface area contributed by atoms with E-state index in [1.165, 1.54) is 24.1 Å². The zero-order chi connectivity index (χ0) is 18.2. The molecule has 1 aromatic heterocycles. The number of rotatable bonds is 4. The minimum absolute atomic E-state index is 0.252. The number of H-pyrrole nitrogens is 1. The second-order valence-corrected chi connectivity index (χ2v) is 7.09. The summed E-state index contributed by atoms with van der Waals surface area (Å²) in [6.07, 6.45) is 2.33. The van der Waals surface area contributed by atoms with Crippen molar-refractivity contribution in [2.75, 3.05) is 29.1 Å². The number of hydrazine groups is 1. The molecule has 1 fully saturated rings. The number of nitrogens with one attached hydrogen (secondary N) is 3. The van der Waals surface area contributed by atoms with Gasteiger partial charge in [0, 0.05) is 30.2 Å². The van der Waals surface area contributed by atoms with Crippen LogP contribution in [0.4, 0.5) is 17.2 Å². The minimum atomic E-state index is -0.252. The van der Waals surface area contributed by atoms with Crippen LogP contribution in [0.1, 0.15) is 24.6 Å². The number of ether oxygens (including phenoxy) is 1. The Kier molecular flexibility index (Phi) is 3.90. The number of aromatic nitrogens is 1. The van der Waals surface area contributed by atoms with Gasteiger partial charge in [-0.05, 0) is 60.9 Å². The van der Waals surface area contributed by atoms with Crippen LogP contribution in [0.2, 0.25) is 0 Å². The summed E-state index contributed by atoms with van der Waals surface area (Å²) in [6, 6.07) is 18.3. The average molecular weight is 361 g/mol. The first-order chi connectivity index (χ1) is 13.3. The number of aromatic amines is 1. The van der Waals surface area contributed by atoms with Gasteiger partial charge in [-0.2, -0.15) is 5.43 Å². The molecule has 0 bridgehead atoms. The van der Waals surface area contributed by atoms with Gasteiger partial charge in [0.1, 0.15) is 11.6 Å². The molecule has 2 aromatic carbocycles. The van der Waals surface area contributed by atoms with E-state index in [-0.39, 0.29) is 6.23 Å². The van der Waals surface area contributed by atoms with Crippen LogP contribution in [0.25, 0.3) is 11.3 Å². The molecule has 1 saturated heterocycles. The fourth-order valence-corrected chi connectivity index (χ4v) is 3.75. The van der Waals surface area contributed by atoms with Crippen LogP contribution in [-0.4, -0.2) is 18.1 Å². The van der Waals surface area contributed by atoms with Crippen LogP contribution in [-0.2, 0) is 0 Å². The van der Waals surface area contributed by atoms with Crippen molar-refractivity contribution in [2.45, 2.75) is 19.1 Å². The molecule has 2 aliphatic rings. The predicted molar refractivity (Wildman–Crippen MR) is 109 cm³/mol. The second-order valence-electron chi connectivity index (χ2n) is 7.09. The summed E-state index contributed by atoms with van der Waals surface area (Å²) in [5, 5.41) is 0. The smallest absolute Gasteiger partial charge is 0.196 e. The lowest BCUT2D eigenvalue weighted by molar-refractivity contribution is 0.187. The highest BCUT2D eigenvalue weighted by Gasteiger charge is 2.26. The molecule has 6 nitrogen and oxygen atoms in total. The number of fused-ring (bicyclic) bond motifs is 1. The van der Waals surface area contributed by atoms with Crippen LogP contribution in [0.15, 0.2) is 54.6 Å². The maximum absolute atomic E-state index is 6.04. The normalized spacial score (nSPS) is 18.4. The maximum atomic E-state index is 6.04. The Balaban J connectivity index is 1.35. The highest BCUT2D eigenvalue weighted by molar-refractivity contribution is 5.69. The molecule has 0 aliphatic carbocycles. The monoisotopic (exact) mass is 361 g/mol. The van der Waals surface area contributed by atoms with E-state index in [1.54, 1.807) is 0 Å². The molecular weight excluding hydrogens is 338 g/mol. The Morgan fingerprint density at radius 2 is 1.70 bits per heavy atom. The Morgan fingerprint density at radius 3 is 2.44 bits per heavy atom. The van der Waals surface area contributed by atoms with Gasteiger partial charge in [0.2, 0.25) is 0 Å². The Morgan fingerprint density at radius 1 is 0.963 bits per heavy atom. The first kappa shape index (κ1) is 16.1. The van der Waals surface area contributed by atoms with Crippen molar-refractivity contribution in [3.8, 4) is 17.0 Å². The first-order valence-corrected chi connectivity index (χ1v) is 9.38. The van der Waals surface area contributed by atoms with Crippen molar-refractivity contribution >= 4 is 17.2 Å². The van der Waals surface area contributed by atoms with Gasteiger partial charge < -0.3 is 25.8 Å². The zero-order valence-electron chi connectivity index (χ0n) is 15.0. The predicted octanol–water partition coefficient (Wildman–Crippen LogP) is 3.87. The lowest BCUT2D eigenvalue weighted by atomic mass is 10.1. The highest BCUT2D eigenvalue weighted by Crippen LogP contribution is 2.35.